The van der Waals surface area contributed by atoms with Crippen LogP contribution in [0.5, 0.6) is 0 Å². The summed E-state index contributed by atoms with van der Waals surface area (Å²) in [6, 6.07) is 0.453. The van der Waals surface area contributed by atoms with Crippen molar-refractivity contribution in [2.45, 2.75) is 19.9 Å². The number of hydrazine groups is 1. The summed E-state index contributed by atoms with van der Waals surface area (Å²) in [7, 11) is 1.41. The van der Waals surface area contributed by atoms with Crippen molar-refractivity contribution in [2.75, 3.05) is 33.4 Å². The molecule has 0 saturated heterocycles. The highest BCUT2D eigenvalue weighted by Gasteiger charge is 2.03. The minimum Gasteiger partial charge on any atom is -0.395 e. The summed E-state index contributed by atoms with van der Waals surface area (Å²) in [6.45, 7) is 6.26. The maximum Gasteiger partial charge on any atom is 0.0733 e. The van der Waals surface area contributed by atoms with Crippen LogP contribution in [0, 0.1) is 0 Å². The van der Waals surface area contributed by atoms with Gasteiger partial charge in [0, 0.05) is 25.7 Å². The van der Waals surface area contributed by atoms with Crippen LogP contribution in [0.25, 0.3) is 0 Å². The molecule has 0 saturated carbocycles. The average Bonchev–Trinajstić information content (AvgIpc) is 2.13. The van der Waals surface area contributed by atoms with Crippen molar-refractivity contribution in [1.82, 2.24) is 15.9 Å². The number of aliphatic hydroxyl groups is 1. The molecule has 86 valence electrons. The van der Waals surface area contributed by atoms with E-state index < -0.39 is 0 Å². The van der Waals surface area contributed by atoms with Crippen molar-refractivity contribution in [3.8, 4) is 0 Å². The van der Waals surface area contributed by atoms with Crippen molar-refractivity contribution < 1.29 is 15.0 Å². The van der Waals surface area contributed by atoms with E-state index in [9.17, 15) is 0 Å². The Balaban J connectivity index is 3.50. The first kappa shape index (κ1) is 13.8. The smallest absolute Gasteiger partial charge is 0.0733 e. The van der Waals surface area contributed by atoms with E-state index in [2.05, 4.69) is 34.6 Å². The molecule has 0 rings (SSSR count). The molecule has 0 bridgehead atoms. The van der Waals surface area contributed by atoms with Crippen LogP contribution in [0.2, 0.25) is 0 Å². The molecule has 0 aromatic rings. The Morgan fingerprint density at radius 2 is 2.07 bits per heavy atom. The van der Waals surface area contributed by atoms with E-state index in [1.54, 1.807) is 5.01 Å². The number of hydrogen-bond donors (Lipinski definition) is 3. The molecular formula is C8H21N3O3. The second-order valence-electron chi connectivity index (χ2n) is 3.16. The lowest BCUT2D eigenvalue weighted by Crippen LogP contribution is -2.44. The van der Waals surface area contributed by atoms with Crippen LogP contribution in [-0.2, 0) is 9.88 Å². The highest BCUT2D eigenvalue weighted by molar-refractivity contribution is 4.55. The second-order valence-corrected chi connectivity index (χ2v) is 3.16. The Labute approximate surface area is 85.0 Å². The molecule has 0 spiro atoms. The quantitative estimate of drug-likeness (QED) is 0.342. The normalized spacial score (nSPS) is 11.6. The minimum atomic E-state index is 0.0712. The number of rotatable bonds is 9. The van der Waals surface area contributed by atoms with Gasteiger partial charge in [0.1, 0.15) is 0 Å². The van der Waals surface area contributed by atoms with Gasteiger partial charge < -0.3 is 10.4 Å². The molecule has 0 amide bonds. The highest BCUT2D eigenvalue weighted by atomic mass is 17.3. The molecule has 6 nitrogen and oxygen atoms in total. The van der Waals surface area contributed by atoms with Crippen molar-refractivity contribution in [1.29, 1.82) is 0 Å². The molecule has 0 aliphatic carbocycles. The van der Waals surface area contributed by atoms with Gasteiger partial charge in [0.15, 0.2) is 0 Å². The van der Waals surface area contributed by atoms with Crippen LogP contribution >= 0.6 is 0 Å². The zero-order valence-electron chi connectivity index (χ0n) is 9.12. The summed E-state index contributed by atoms with van der Waals surface area (Å²) in [6.07, 6.45) is 0. The predicted molar refractivity (Wildman–Crippen MR) is 53.0 cm³/mol. The molecular weight excluding hydrogens is 186 g/mol. The average molecular weight is 207 g/mol. The van der Waals surface area contributed by atoms with E-state index in [1.165, 1.54) is 7.11 Å². The summed E-state index contributed by atoms with van der Waals surface area (Å²) in [5, 5.41) is 13.7. The Morgan fingerprint density at radius 1 is 1.36 bits per heavy atom. The van der Waals surface area contributed by atoms with Crippen LogP contribution in [0.3, 0.4) is 0 Å². The Hall–Kier alpha value is -0.240. The summed E-state index contributed by atoms with van der Waals surface area (Å²) in [5.41, 5.74) is 2.56. The van der Waals surface area contributed by atoms with Gasteiger partial charge in [0.25, 0.3) is 0 Å². The van der Waals surface area contributed by atoms with Gasteiger partial charge in [-0.05, 0) is 0 Å². The first-order valence-corrected chi connectivity index (χ1v) is 4.75. The van der Waals surface area contributed by atoms with Gasteiger partial charge in [0.2, 0.25) is 0 Å². The fraction of sp³-hybridized carbons (Fsp3) is 1.00. The van der Waals surface area contributed by atoms with Gasteiger partial charge in [-0.3, -0.25) is 0 Å². The second kappa shape index (κ2) is 9.32. The highest BCUT2D eigenvalue weighted by Crippen LogP contribution is 1.83. The Kier molecular flexibility index (Phi) is 9.16. The number of nitrogens with zero attached hydrogens (tertiary/aromatic N) is 1. The molecule has 6 heteroatoms. The number of hydrogen-bond acceptors (Lipinski definition) is 6. The van der Waals surface area contributed by atoms with E-state index >= 15 is 0 Å². The van der Waals surface area contributed by atoms with Gasteiger partial charge in [-0.25, -0.2) is 9.90 Å². The van der Waals surface area contributed by atoms with Crippen LogP contribution in [0.4, 0.5) is 0 Å². The first-order chi connectivity index (χ1) is 6.70. The first-order valence-electron chi connectivity index (χ1n) is 4.75. The lowest BCUT2D eigenvalue weighted by molar-refractivity contribution is -0.353. The maximum absolute atomic E-state index is 8.75. The lowest BCUT2D eigenvalue weighted by Gasteiger charge is -2.21. The largest absolute Gasteiger partial charge is 0.395 e. The van der Waals surface area contributed by atoms with E-state index in [4.69, 9.17) is 5.11 Å². The molecule has 14 heavy (non-hydrogen) atoms. The van der Waals surface area contributed by atoms with E-state index in [1.807, 2.05) is 0 Å². The van der Waals surface area contributed by atoms with E-state index in [0.717, 1.165) is 13.1 Å². The number of nitrogens with one attached hydrogen (secondary N) is 2. The summed E-state index contributed by atoms with van der Waals surface area (Å²) in [4.78, 5) is 8.93. The summed E-state index contributed by atoms with van der Waals surface area (Å²) in [5.74, 6) is 0. The number of aliphatic hydroxyl groups excluding tert-OH is 1. The van der Waals surface area contributed by atoms with Gasteiger partial charge in [-0.2, -0.15) is 0 Å². The third kappa shape index (κ3) is 8.36. The van der Waals surface area contributed by atoms with Crippen molar-refractivity contribution >= 4 is 0 Å². The molecule has 0 aliphatic heterocycles. The van der Waals surface area contributed by atoms with Gasteiger partial charge in [-0.1, -0.05) is 13.8 Å². The van der Waals surface area contributed by atoms with Crippen LogP contribution in [-0.4, -0.2) is 49.5 Å². The van der Waals surface area contributed by atoms with Gasteiger partial charge in [0.05, 0.1) is 13.7 Å². The standard InChI is InChI=1S/C8H21N3O3/c1-8(2)9-4-5-11(6-7-12)10-14-13-3/h8-10,12H,4-7H2,1-3H3. The van der Waals surface area contributed by atoms with Crippen molar-refractivity contribution in [2.24, 2.45) is 0 Å². The molecule has 0 aromatic heterocycles. The molecule has 0 heterocycles. The molecule has 0 atom stereocenters. The molecule has 0 fully saturated rings. The fourth-order valence-corrected chi connectivity index (χ4v) is 0.902. The molecule has 0 aliphatic rings. The molecule has 0 aromatic carbocycles. The van der Waals surface area contributed by atoms with Crippen molar-refractivity contribution in [3.63, 3.8) is 0 Å². The topological polar surface area (TPSA) is 66.0 Å². The third-order valence-corrected chi connectivity index (χ3v) is 1.55. The third-order valence-electron chi connectivity index (χ3n) is 1.55. The van der Waals surface area contributed by atoms with Crippen LogP contribution in [0.1, 0.15) is 13.8 Å². The van der Waals surface area contributed by atoms with Crippen molar-refractivity contribution in [3.05, 3.63) is 0 Å². The van der Waals surface area contributed by atoms with Crippen LogP contribution < -0.4 is 10.9 Å². The molecule has 3 N–H and O–H groups in total. The van der Waals surface area contributed by atoms with E-state index in [0.29, 0.717) is 12.6 Å². The maximum atomic E-state index is 8.75. The zero-order valence-corrected chi connectivity index (χ0v) is 9.12. The molecule has 0 radical (unpaired) electrons. The summed E-state index contributed by atoms with van der Waals surface area (Å²) >= 11 is 0. The minimum absolute atomic E-state index is 0.0712. The summed E-state index contributed by atoms with van der Waals surface area (Å²) < 4.78 is 0. The fourth-order valence-electron chi connectivity index (χ4n) is 0.902. The molecule has 0 unspecified atom stereocenters. The Bertz CT molecular complexity index is 124. The van der Waals surface area contributed by atoms with Gasteiger partial charge >= 0.3 is 0 Å². The van der Waals surface area contributed by atoms with Gasteiger partial charge in [-0.15, -0.1) is 10.6 Å². The monoisotopic (exact) mass is 207 g/mol. The zero-order chi connectivity index (χ0) is 10.8. The van der Waals surface area contributed by atoms with E-state index in [-0.39, 0.29) is 6.61 Å². The SMILES string of the molecule is COONN(CCO)CCNC(C)C. The van der Waals surface area contributed by atoms with Crippen LogP contribution in [0.15, 0.2) is 0 Å². The predicted octanol–water partition coefficient (Wildman–Crippen LogP) is -0.724. The Morgan fingerprint density at radius 3 is 2.57 bits per heavy atom. The lowest BCUT2D eigenvalue weighted by atomic mass is 10.4.